The van der Waals surface area contributed by atoms with E-state index in [0.29, 0.717) is 16.0 Å². The first-order valence-electron chi connectivity index (χ1n) is 9.46. The van der Waals surface area contributed by atoms with Gasteiger partial charge in [0.15, 0.2) is 11.0 Å². The molecule has 31 heavy (non-hydrogen) atoms. The van der Waals surface area contributed by atoms with Gasteiger partial charge in [-0.15, -0.1) is 10.2 Å². The van der Waals surface area contributed by atoms with Crippen LogP contribution in [0.3, 0.4) is 0 Å². The van der Waals surface area contributed by atoms with Gasteiger partial charge in [-0.2, -0.15) is 0 Å². The molecule has 8 heteroatoms. The Bertz CT molecular complexity index is 1190. The maximum absolute atomic E-state index is 12.5. The molecule has 0 aliphatic heterocycles. The van der Waals surface area contributed by atoms with Crippen molar-refractivity contribution in [1.29, 1.82) is 0 Å². The van der Waals surface area contributed by atoms with Crippen LogP contribution in [0.2, 0.25) is 5.02 Å². The van der Waals surface area contributed by atoms with Crippen molar-refractivity contribution in [1.82, 2.24) is 14.8 Å². The van der Waals surface area contributed by atoms with Crippen LogP contribution in [-0.4, -0.2) is 26.4 Å². The zero-order chi connectivity index (χ0) is 21.8. The molecule has 5 nitrogen and oxygen atoms in total. The van der Waals surface area contributed by atoms with Crippen LogP contribution in [-0.2, 0) is 4.79 Å². The zero-order valence-electron chi connectivity index (χ0n) is 16.5. The minimum atomic E-state index is -0.116. The lowest BCUT2D eigenvalue weighted by Crippen LogP contribution is -2.14. The van der Waals surface area contributed by atoms with Gasteiger partial charge in [-0.05, 0) is 55.5 Å². The standard InChI is InChI=1S/C23H18BrClN4OS/c1-15-2-4-16(5-3-15)22-27-28-23(29(22)20-12-8-18(25)9-13-20)31-14-21(30)26-19-10-6-17(24)7-11-19/h2-13H,14H2,1H3,(H,26,30). The van der Waals surface area contributed by atoms with Crippen LogP contribution < -0.4 is 5.32 Å². The summed E-state index contributed by atoms with van der Waals surface area (Å²) in [6.45, 7) is 2.04. The lowest BCUT2D eigenvalue weighted by Gasteiger charge is -2.11. The van der Waals surface area contributed by atoms with Crippen LogP contribution in [0.5, 0.6) is 0 Å². The molecule has 0 atom stereocenters. The first-order valence-corrected chi connectivity index (χ1v) is 11.6. The van der Waals surface area contributed by atoms with Gasteiger partial charge in [0.25, 0.3) is 0 Å². The van der Waals surface area contributed by atoms with Crippen molar-refractivity contribution in [2.45, 2.75) is 12.1 Å². The van der Waals surface area contributed by atoms with Gasteiger partial charge in [-0.1, -0.05) is 69.1 Å². The minimum Gasteiger partial charge on any atom is -0.325 e. The van der Waals surface area contributed by atoms with Crippen molar-refractivity contribution >= 4 is 50.9 Å². The fraction of sp³-hybridized carbons (Fsp3) is 0.0870. The van der Waals surface area contributed by atoms with E-state index in [-0.39, 0.29) is 11.7 Å². The van der Waals surface area contributed by atoms with Crippen molar-refractivity contribution in [2.75, 3.05) is 11.1 Å². The highest BCUT2D eigenvalue weighted by atomic mass is 79.9. The largest absolute Gasteiger partial charge is 0.325 e. The van der Waals surface area contributed by atoms with E-state index in [2.05, 4.69) is 31.4 Å². The number of carbonyl (C=O) groups is 1. The third-order valence-corrected chi connectivity index (χ3v) is 6.20. The van der Waals surface area contributed by atoms with Crippen molar-refractivity contribution < 1.29 is 4.79 Å². The molecule has 1 N–H and O–H groups in total. The zero-order valence-corrected chi connectivity index (χ0v) is 19.7. The van der Waals surface area contributed by atoms with Gasteiger partial charge in [0.2, 0.25) is 5.91 Å². The number of anilines is 1. The summed E-state index contributed by atoms with van der Waals surface area (Å²) < 4.78 is 2.90. The van der Waals surface area contributed by atoms with Gasteiger partial charge in [0, 0.05) is 26.4 Å². The molecule has 0 saturated heterocycles. The number of halogens is 2. The molecule has 0 bridgehead atoms. The maximum Gasteiger partial charge on any atom is 0.234 e. The quantitative estimate of drug-likeness (QED) is 0.304. The number of nitrogens with zero attached hydrogens (tertiary/aromatic N) is 3. The second kappa shape index (κ2) is 9.68. The van der Waals surface area contributed by atoms with E-state index in [1.165, 1.54) is 17.3 Å². The topological polar surface area (TPSA) is 59.8 Å². The van der Waals surface area contributed by atoms with Crippen molar-refractivity contribution in [3.05, 3.63) is 87.9 Å². The summed E-state index contributed by atoms with van der Waals surface area (Å²) in [5.74, 6) is 0.795. The number of thioether (sulfide) groups is 1. The minimum absolute atomic E-state index is 0.116. The smallest absolute Gasteiger partial charge is 0.234 e. The van der Waals surface area contributed by atoms with E-state index in [1.54, 1.807) is 0 Å². The van der Waals surface area contributed by atoms with E-state index in [4.69, 9.17) is 11.6 Å². The van der Waals surface area contributed by atoms with Crippen LogP contribution in [0, 0.1) is 6.92 Å². The number of aromatic nitrogens is 3. The van der Waals surface area contributed by atoms with Gasteiger partial charge in [0.05, 0.1) is 5.75 Å². The number of hydrogen-bond acceptors (Lipinski definition) is 4. The van der Waals surface area contributed by atoms with E-state index in [1.807, 2.05) is 84.3 Å². The summed E-state index contributed by atoms with van der Waals surface area (Å²) in [6, 6.07) is 23.0. The van der Waals surface area contributed by atoms with Crippen LogP contribution in [0.1, 0.15) is 5.56 Å². The van der Waals surface area contributed by atoms with Crippen molar-refractivity contribution in [3.63, 3.8) is 0 Å². The second-order valence-corrected chi connectivity index (χ2v) is 9.12. The molecule has 3 aromatic carbocycles. The molecular formula is C23H18BrClN4OS. The fourth-order valence-electron chi connectivity index (χ4n) is 2.94. The second-order valence-electron chi connectivity index (χ2n) is 6.83. The SMILES string of the molecule is Cc1ccc(-c2nnc(SCC(=O)Nc3ccc(Br)cc3)n2-c2ccc(Cl)cc2)cc1. The monoisotopic (exact) mass is 512 g/mol. The van der Waals surface area contributed by atoms with E-state index in [0.717, 1.165) is 21.4 Å². The lowest BCUT2D eigenvalue weighted by molar-refractivity contribution is -0.113. The normalized spacial score (nSPS) is 10.8. The maximum atomic E-state index is 12.5. The van der Waals surface area contributed by atoms with Crippen molar-refractivity contribution in [3.8, 4) is 17.1 Å². The van der Waals surface area contributed by atoms with Crippen LogP contribution >= 0.6 is 39.3 Å². The summed E-state index contributed by atoms with van der Waals surface area (Å²) in [6.07, 6.45) is 0. The van der Waals surface area contributed by atoms with Crippen LogP contribution in [0.15, 0.2) is 82.4 Å². The summed E-state index contributed by atoms with van der Waals surface area (Å²) in [5.41, 5.74) is 3.73. The predicted molar refractivity (Wildman–Crippen MR) is 130 cm³/mol. The summed E-state index contributed by atoms with van der Waals surface area (Å²) in [4.78, 5) is 12.5. The highest BCUT2D eigenvalue weighted by Gasteiger charge is 2.17. The Morgan fingerprint density at radius 1 is 1.00 bits per heavy atom. The number of carbonyl (C=O) groups excluding carboxylic acids is 1. The molecule has 1 amide bonds. The molecule has 1 aromatic heterocycles. The first-order chi connectivity index (χ1) is 15.0. The molecule has 0 aliphatic rings. The number of amides is 1. The lowest BCUT2D eigenvalue weighted by atomic mass is 10.1. The van der Waals surface area contributed by atoms with Crippen molar-refractivity contribution in [2.24, 2.45) is 0 Å². The molecule has 0 fully saturated rings. The molecule has 0 unspecified atom stereocenters. The summed E-state index contributed by atoms with van der Waals surface area (Å²) >= 11 is 10.8. The third kappa shape index (κ3) is 5.36. The van der Waals surface area contributed by atoms with E-state index >= 15 is 0 Å². The highest BCUT2D eigenvalue weighted by Crippen LogP contribution is 2.29. The average Bonchev–Trinajstić information content (AvgIpc) is 3.19. The summed E-state index contributed by atoms with van der Waals surface area (Å²) in [5, 5.41) is 12.9. The number of hydrogen-bond donors (Lipinski definition) is 1. The Kier molecular flexibility index (Phi) is 6.75. The number of nitrogens with one attached hydrogen (secondary N) is 1. The third-order valence-electron chi connectivity index (χ3n) is 4.49. The molecule has 0 aliphatic carbocycles. The molecule has 4 aromatic rings. The van der Waals surface area contributed by atoms with Gasteiger partial charge < -0.3 is 5.32 Å². The molecule has 156 valence electrons. The summed E-state index contributed by atoms with van der Waals surface area (Å²) in [7, 11) is 0. The van der Waals surface area contributed by atoms with Gasteiger partial charge >= 0.3 is 0 Å². The first kappa shape index (κ1) is 21.6. The number of aryl methyl sites for hydroxylation is 1. The number of rotatable bonds is 6. The van der Waals surface area contributed by atoms with Crippen LogP contribution in [0.25, 0.3) is 17.1 Å². The predicted octanol–water partition coefficient (Wildman–Crippen LogP) is 6.39. The van der Waals surface area contributed by atoms with E-state index < -0.39 is 0 Å². The Morgan fingerprint density at radius 3 is 2.35 bits per heavy atom. The molecular weight excluding hydrogens is 496 g/mol. The molecule has 1 heterocycles. The Morgan fingerprint density at radius 2 is 1.68 bits per heavy atom. The Balaban J connectivity index is 1.59. The van der Waals surface area contributed by atoms with Gasteiger partial charge in [-0.25, -0.2) is 0 Å². The Hall–Kier alpha value is -2.61. The van der Waals surface area contributed by atoms with Gasteiger partial charge in [-0.3, -0.25) is 9.36 Å². The van der Waals surface area contributed by atoms with E-state index in [9.17, 15) is 4.79 Å². The Labute approximate surface area is 198 Å². The molecule has 0 saturated carbocycles. The number of benzene rings is 3. The van der Waals surface area contributed by atoms with Gasteiger partial charge in [0.1, 0.15) is 0 Å². The average molecular weight is 514 g/mol. The molecule has 0 spiro atoms. The highest BCUT2D eigenvalue weighted by molar-refractivity contribution is 9.10. The fourth-order valence-corrected chi connectivity index (χ4v) is 4.08. The van der Waals surface area contributed by atoms with Crippen LogP contribution in [0.4, 0.5) is 5.69 Å². The molecule has 4 rings (SSSR count). The molecule has 0 radical (unpaired) electrons.